The molecule has 0 unspecified atom stereocenters. The van der Waals surface area contributed by atoms with Crippen molar-refractivity contribution in [2.75, 3.05) is 14.2 Å². The van der Waals surface area contributed by atoms with Crippen LogP contribution in [0.4, 0.5) is 0 Å². The van der Waals surface area contributed by atoms with Crippen molar-refractivity contribution in [3.8, 4) is 11.5 Å². The van der Waals surface area contributed by atoms with Gasteiger partial charge in [-0.3, -0.25) is 0 Å². The van der Waals surface area contributed by atoms with Crippen LogP contribution in [0.3, 0.4) is 0 Å². The maximum absolute atomic E-state index is 5.78. The average Bonchev–Trinajstić information content (AvgIpc) is 3.00. The summed E-state index contributed by atoms with van der Waals surface area (Å²) >= 11 is 2.49. The van der Waals surface area contributed by atoms with Gasteiger partial charge in [0.25, 0.3) is 0 Å². The van der Waals surface area contributed by atoms with Gasteiger partial charge in [-0.1, -0.05) is 0 Å². The molecule has 0 fully saturated rings. The van der Waals surface area contributed by atoms with Crippen LogP contribution in [0, 0.1) is 13.8 Å². The van der Waals surface area contributed by atoms with Crippen molar-refractivity contribution in [2.45, 2.75) is 44.9 Å². The summed E-state index contributed by atoms with van der Waals surface area (Å²) in [5.41, 5.74) is 8.34. The molecule has 3 aromatic rings. The number of hydrogen-bond donors (Lipinski definition) is 0. The van der Waals surface area contributed by atoms with Crippen LogP contribution < -0.4 is 62.3 Å². The van der Waals surface area contributed by atoms with E-state index in [0.29, 0.717) is 0 Å². The van der Waals surface area contributed by atoms with Gasteiger partial charge in [-0.25, -0.2) is 0 Å². The van der Waals surface area contributed by atoms with Crippen LogP contribution in [-0.4, -0.2) is 22.3 Å². The fraction of sp³-hybridized carbons (Fsp3) is 0.290. The Balaban J connectivity index is 0.00000241. The smallest absolute Gasteiger partial charge is 1.00 e. The molecular formula is C31H35Cl3O2SiTi. The Hall–Kier alpha value is -1.46. The topological polar surface area (TPSA) is 18.5 Å². The SMILES string of the molecule is COc1cccc([Si](c2cc(C)cc(C)c2)(c2cccc(OC)c2)[C]2([Ti+3])C(C)=C(C)C(C)=C2C)c1.[Cl-].[Cl-].[Cl-]. The second kappa shape index (κ2) is 13.3. The van der Waals surface area contributed by atoms with Crippen LogP contribution in [0.15, 0.2) is 89.0 Å². The molecule has 0 atom stereocenters. The first-order valence-corrected chi connectivity index (χ1v) is 14.9. The van der Waals surface area contributed by atoms with Crippen molar-refractivity contribution in [1.82, 2.24) is 0 Å². The molecule has 0 bridgehead atoms. The van der Waals surface area contributed by atoms with Crippen molar-refractivity contribution in [3.05, 3.63) is 100 Å². The first kappa shape index (κ1) is 34.6. The van der Waals surface area contributed by atoms with Crippen LogP contribution >= 0.6 is 0 Å². The summed E-state index contributed by atoms with van der Waals surface area (Å²) in [6.45, 7) is 13.7. The Morgan fingerprint density at radius 1 is 0.579 bits per heavy atom. The zero-order valence-electron chi connectivity index (χ0n) is 23.3. The number of rotatable bonds is 6. The van der Waals surface area contributed by atoms with Crippen molar-refractivity contribution in [3.63, 3.8) is 0 Å². The van der Waals surface area contributed by atoms with Gasteiger partial charge < -0.3 is 37.2 Å². The maximum Gasteiger partial charge on any atom is -1.00 e. The molecule has 0 N–H and O–H groups in total. The number of benzene rings is 3. The first-order chi connectivity index (χ1) is 16.6. The van der Waals surface area contributed by atoms with Crippen LogP contribution in [0.25, 0.3) is 0 Å². The third-order valence-electron chi connectivity index (χ3n) is 8.04. The Morgan fingerprint density at radius 2 is 0.974 bits per heavy atom. The summed E-state index contributed by atoms with van der Waals surface area (Å²) < 4.78 is 11.4. The summed E-state index contributed by atoms with van der Waals surface area (Å²) in [4.78, 5) is 0. The maximum atomic E-state index is 5.78. The Morgan fingerprint density at radius 3 is 1.34 bits per heavy atom. The molecule has 7 heteroatoms. The summed E-state index contributed by atoms with van der Waals surface area (Å²) in [6, 6.07) is 24.7. The van der Waals surface area contributed by atoms with Gasteiger partial charge in [0.2, 0.25) is 0 Å². The number of aryl methyl sites for hydroxylation is 2. The van der Waals surface area contributed by atoms with Crippen molar-refractivity contribution in [2.24, 2.45) is 0 Å². The summed E-state index contributed by atoms with van der Waals surface area (Å²) in [7, 11) is 0.754. The molecule has 0 aliphatic heterocycles. The molecule has 0 radical (unpaired) electrons. The molecule has 4 rings (SSSR count). The number of halogens is 3. The fourth-order valence-corrected chi connectivity index (χ4v) is 14.7. The minimum atomic E-state index is -2.76. The normalized spacial score (nSPS) is 14.4. The predicted molar refractivity (Wildman–Crippen MR) is 146 cm³/mol. The molecule has 0 aromatic heterocycles. The molecule has 0 spiro atoms. The van der Waals surface area contributed by atoms with E-state index in [1.54, 1.807) is 14.2 Å². The fourth-order valence-electron chi connectivity index (χ4n) is 6.02. The standard InChI is InChI=1S/C31H35O2Si.3ClH.Ti/c1-20-15-21(2)17-30(16-20)34(28-13-9-11-26(18-28)32-7,29-14-10-12-27(19-29)33-8)31-24(5)22(3)23(4)25(31)6;;;;/h9-19H,1-8H3;3*1H;/q;;;;+3/p-3. The van der Waals surface area contributed by atoms with Crippen LogP contribution in [0.2, 0.25) is 3.34 Å². The molecule has 0 heterocycles. The van der Waals surface area contributed by atoms with E-state index in [1.807, 2.05) is 0 Å². The predicted octanol–water partition coefficient (Wildman–Crippen LogP) is -3.27. The summed E-state index contributed by atoms with van der Waals surface area (Å²) in [6.07, 6.45) is 0. The average molecular weight is 622 g/mol. The largest absolute Gasteiger partial charge is 1.00 e. The van der Waals surface area contributed by atoms with Crippen LogP contribution in [-0.2, 0) is 20.4 Å². The number of allylic oxidation sites excluding steroid dienone is 4. The molecule has 1 aliphatic rings. The quantitative estimate of drug-likeness (QED) is 0.213. The first-order valence-electron chi connectivity index (χ1n) is 12.1. The number of ether oxygens (including phenoxy) is 2. The Bertz CT molecular complexity index is 1270. The molecule has 2 nitrogen and oxygen atoms in total. The third kappa shape index (κ3) is 5.31. The monoisotopic (exact) mass is 620 g/mol. The summed E-state index contributed by atoms with van der Waals surface area (Å²) in [5.74, 6) is 1.79. The number of methoxy groups -OCH3 is 2. The molecule has 3 aromatic carbocycles. The van der Waals surface area contributed by atoms with E-state index in [4.69, 9.17) is 9.47 Å². The van der Waals surface area contributed by atoms with Gasteiger partial charge in [-0.15, -0.1) is 0 Å². The van der Waals surface area contributed by atoms with Gasteiger partial charge >= 0.3 is 224 Å². The van der Waals surface area contributed by atoms with E-state index in [9.17, 15) is 0 Å². The minimum Gasteiger partial charge on any atom is -1.00 e. The van der Waals surface area contributed by atoms with E-state index < -0.39 is 8.07 Å². The van der Waals surface area contributed by atoms with E-state index in [0.717, 1.165) is 11.5 Å². The minimum absolute atomic E-state index is 0. The molecular weight excluding hydrogens is 587 g/mol. The zero-order chi connectivity index (χ0) is 25.5. The Labute approximate surface area is 259 Å². The van der Waals surface area contributed by atoms with Gasteiger partial charge in [0, 0.05) is 0 Å². The van der Waals surface area contributed by atoms with E-state index in [2.05, 4.69) is 129 Å². The summed E-state index contributed by atoms with van der Waals surface area (Å²) in [5, 5.41) is 4.11. The molecule has 38 heavy (non-hydrogen) atoms. The van der Waals surface area contributed by atoms with Gasteiger partial charge in [0.05, 0.1) is 0 Å². The van der Waals surface area contributed by atoms with Crippen molar-refractivity contribution < 1.29 is 67.1 Å². The van der Waals surface area contributed by atoms with Crippen LogP contribution in [0.5, 0.6) is 11.5 Å². The van der Waals surface area contributed by atoms with E-state index >= 15 is 0 Å². The van der Waals surface area contributed by atoms with E-state index in [1.165, 1.54) is 49.0 Å². The molecule has 0 saturated heterocycles. The second-order valence-electron chi connectivity index (χ2n) is 9.84. The molecule has 200 valence electrons. The third-order valence-corrected chi connectivity index (χ3v) is 16.3. The van der Waals surface area contributed by atoms with Gasteiger partial charge in [-0.05, 0) is 0 Å². The van der Waals surface area contributed by atoms with Crippen molar-refractivity contribution >= 4 is 23.6 Å². The molecule has 0 amide bonds. The van der Waals surface area contributed by atoms with Crippen LogP contribution in [0.1, 0.15) is 38.8 Å². The number of hydrogen-bond acceptors (Lipinski definition) is 2. The Kier molecular flexibility index (Phi) is 12.1. The van der Waals surface area contributed by atoms with Gasteiger partial charge in [-0.2, -0.15) is 0 Å². The van der Waals surface area contributed by atoms with E-state index in [-0.39, 0.29) is 40.6 Å². The van der Waals surface area contributed by atoms with Gasteiger partial charge in [0.1, 0.15) is 0 Å². The van der Waals surface area contributed by atoms with Crippen molar-refractivity contribution in [1.29, 1.82) is 0 Å². The zero-order valence-corrected chi connectivity index (χ0v) is 28.1. The second-order valence-corrected chi connectivity index (χ2v) is 15.8. The van der Waals surface area contributed by atoms with Gasteiger partial charge in [0.15, 0.2) is 0 Å². The molecule has 1 aliphatic carbocycles. The molecule has 0 saturated carbocycles.